The summed E-state index contributed by atoms with van der Waals surface area (Å²) in [6, 6.07) is 13.0. The zero-order valence-electron chi connectivity index (χ0n) is 13.5. The molecule has 1 aromatic carbocycles. The van der Waals surface area contributed by atoms with E-state index in [1.54, 1.807) is 0 Å². The predicted octanol–water partition coefficient (Wildman–Crippen LogP) is 3.16. The molecule has 0 radical (unpaired) electrons. The van der Waals surface area contributed by atoms with Gasteiger partial charge in [0.25, 0.3) is 0 Å². The molecule has 0 unspecified atom stereocenters. The predicted molar refractivity (Wildman–Crippen MR) is 89.0 cm³/mol. The van der Waals surface area contributed by atoms with Gasteiger partial charge in [0.05, 0.1) is 0 Å². The number of nitrogens with zero attached hydrogens (tertiary/aromatic N) is 2. The second kappa shape index (κ2) is 8.01. The van der Waals surface area contributed by atoms with E-state index in [0.717, 1.165) is 32.7 Å². The minimum atomic E-state index is 0.906. The summed E-state index contributed by atoms with van der Waals surface area (Å²) < 4.78 is 2.16. The standard InChI is InChI=1S/C18H27N3/c1-4-21(5-2)15-17-10-7-6-9-16(17)13-19-14-18-11-8-12-20(18)3/h6-12,19H,4-5,13-15H2,1-3H3. The van der Waals surface area contributed by atoms with Crippen molar-refractivity contribution in [2.24, 2.45) is 7.05 Å². The third-order valence-electron chi connectivity index (χ3n) is 4.08. The van der Waals surface area contributed by atoms with E-state index in [2.05, 4.69) is 78.3 Å². The Morgan fingerprint density at radius 3 is 2.29 bits per heavy atom. The number of benzene rings is 1. The average molecular weight is 285 g/mol. The number of hydrogen-bond donors (Lipinski definition) is 1. The van der Waals surface area contributed by atoms with Crippen LogP contribution in [0.25, 0.3) is 0 Å². The third-order valence-corrected chi connectivity index (χ3v) is 4.08. The molecule has 0 aliphatic carbocycles. The first-order chi connectivity index (χ1) is 10.2. The van der Waals surface area contributed by atoms with E-state index in [1.165, 1.54) is 16.8 Å². The highest BCUT2D eigenvalue weighted by Gasteiger charge is 2.06. The molecular formula is C18H27N3. The van der Waals surface area contributed by atoms with Crippen molar-refractivity contribution in [1.82, 2.24) is 14.8 Å². The Balaban J connectivity index is 1.95. The van der Waals surface area contributed by atoms with E-state index in [4.69, 9.17) is 0 Å². The molecule has 0 spiro atoms. The summed E-state index contributed by atoms with van der Waals surface area (Å²) in [5, 5.41) is 3.56. The average Bonchev–Trinajstić information content (AvgIpc) is 2.91. The molecule has 0 saturated carbocycles. The lowest BCUT2D eigenvalue weighted by Crippen LogP contribution is -2.24. The molecule has 0 aliphatic heterocycles. The van der Waals surface area contributed by atoms with E-state index >= 15 is 0 Å². The summed E-state index contributed by atoms with van der Waals surface area (Å²) in [4.78, 5) is 2.45. The second-order valence-electron chi connectivity index (χ2n) is 5.44. The van der Waals surface area contributed by atoms with Crippen molar-refractivity contribution in [2.75, 3.05) is 13.1 Å². The Kier molecular flexibility index (Phi) is 6.03. The molecule has 2 rings (SSSR count). The summed E-state index contributed by atoms with van der Waals surface area (Å²) in [6.07, 6.45) is 2.09. The highest BCUT2D eigenvalue weighted by molar-refractivity contribution is 5.27. The van der Waals surface area contributed by atoms with Gasteiger partial charge in [-0.25, -0.2) is 0 Å². The van der Waals surface area contributed by atoms with Crippen LogP contribution in [0.3, 0.4) is 0 Å². The molecule has 0 saturated heterocycles. The molecular weight excluding hydrogens is 258 g/mol. The molecule has 1 aromatic heterocycles. The molecule has 1 heterocycles. The van der Waals surface area contributed by atoms with Crippen LogP contribution in [-0.2, 0) is 26.7 Å². The number of aromatic nitrogens is 1. The summed E-state index contributed by atoms with van der Waals surface area (Å²) in [7, 11) is 2.09. The minimum Gasteiger partial charge on any atom is -0.353 e. The van der Waals surface area contributed by atoms with Gasteiger partial charge in [-0.15, -0.1) is 0 Å². The zero-order valence-corrected chi connectivity index (χ0v) is 13.5. The smallest absolute Gasteiger partial charge is 0.0362 e. The largest absolute Gasteiger partial charge is 0.353 e. The van der Waals surface area contributed by atoms with Crippen LogP contribution in [0.5, 0.6) is 0 Å². The number of aryl methyl sites for hydroxylation is 1. The summed E-state index contributed by atoms with van der Waals surface area (Å²) in [5.41, 5.74) is 4.15. The Hall–Kier alpha value is -1.58. The van der Waals surface area contributed by atoms with Gasteiger partial charge < -0.3 is 9.88 Å². The number of hydrogen-bond acceptors (Lipinski definition) is 2. The lowest BCUT2D eigenvalue weighted by molar-refractivity contribution is 0.294. The topological polar surface area (TPSA) is 20.2 Å². The monoisotopic (exact) mass is 285 g/mol. The first-order valence-electron chi connectivity index (χ1n) is 7.84. The fourth-order valence-electron chi connectivity index (χ4n) is 2.58. The SMILES string of the molecule is CCN(CC)Cc1ccccc1CNCc1cccn1C. The summed E-state index contributed by atoms with van der Waals surface area (Å²) in [6.45, 7) is 9.50. The first-order valence-corrected chi connectivity index (χ1v) is 7.84. The quantitative estimate of drug-likeness (QED) is 0.804. The fourth-order valence-corrected chi connectivity index (χ4v) is 2.58. The molecule has 2 aromatic rings. The molecule has 0 amide bonds. The first kappa shape index (κ1) is 15.8. The molecule has 0 fully saturated rings. The van der Waals surface area contributed by atoms with Crippen LogP contribution in [-0.4, -0.2) is 22.6 Å². The Labute approximate surface area is 128 Å². The molecule has 114 valence electrons. The van der Waals surface area contributed by atoms with Gasteiger partial charge in [-0.3, -0.25) is 4.90 Å². The molecule has 0 aliphatic rings. The van der Waals surface area contributed by atoms with Crippen LogP contribution in [0.4, 0.5) is 0 Å². The lowest BCUT2D eigenvalue weighted by Gasteiger charge is -2.20. The fraction of sp³-hybridized carbons (Fsp3) is 0.444. The second-order valence-corrected chi connectivity index (χ2v) is 5.44. The third kappa shape index (κ3) is 4.45. The molecule has 0 atom stereocenters. The minimum absolute atomic E-state index is 0.906. The van der Waals surface area contributed by atoms with Gasteiger partial charge in [0.1, 0.15) is 0 Å². The van der Waals surface area contributed by atoms with Crippen molar-refractivity contribution in [3.63, 3.8) is 0 Å². The van der Waals surface area contributed by atoms with Crippen LogP contribution in [0.1, 0.15) is 30.7 Å². The normalized spacial score (nSPS) is 11.2. The van der Waals surface area contributed by atoms with E-state index in [-0.39, 0.29) is 0 Å². The molecule has 21 heavy (non-hydrogen) atoms. The molecule has 0 bridgehead atoms. The zero-order chi connectivity index (χ0) is 15.1. The van der Waals surface area contributed by atoms with Gasteiger partial charge >= 0.3 is 0 Å². The van der Waals surface area contributed by atoms with Crippen LogP contribution >= 0.6 is 0 Å². The summed E-state index contributed by atoms with van der Waals surface area (Å²) in [5.74, 6) is 0. The van der Waals surface area contributed by atoms with Crippen molar-refractivity contribution in [3.05, 3.63) is 59.4 Å². The van der Waals surface area contributed by atoms with E-state index < -0.39 is 0 Å². The Bertz CT molecular complexity index is 541. The van der Waals surface area contributed by atoms with Crippen LogP contribution in [0.2, 0.25) is 0 Å². The van der Waals surface area contributed by atoms with Crippen molar-refractivity contribution >= 4 is 0 Å². The Morgan fingerprint density at radius 1 is 0.952 bits per heavy atom. The number of nitrogens with one attached hydrogen (secondary N) is 1. The van der Waals surface area contributed by atoms with Gasteiger partial charge in [0, 0.05) is 38.6 Å². The Morgan fingerprint density at radius 2 is 1.67 bits per heavy atom. The van der Waals surface area contributed by atoms with Gasteiger partial charge in [-0.2, -0.15) is 0 Å². The van der Waals surface area contributed by atoms with Gasteiger partial charge in [-0.1, -0.05) is 38.1 Å². The van der Waals surface area contributed by atoms with Crippen molar-refractivity contribution in [2.45, 2.75) is 33.5 Å². The molecule has 1 N–H and O–H groups in total. The van der Waals surface area contributed by atoms with Crippen molar-refractivity contribution < 1.29 is 0 Å². The maximum atomic E-state index is 3.56. The summed E-state index contributed by atoms with van der Waals surface area (Å²) >= 11 is 0. The van der Waals surface area contributed by atoms with Crippen LogP contribution < -0.4 is 5.32 Å². The van der Waals surface area contributed by atoms with Gasteiger partial charge in [0.15, 0.2) is 0 Å². The molecule has 3 heteroatoms. The maximum absolute atomic E-state index is 3.56. The van der Waals surface area contributed by atoms with Gasteiger partial charge in [-0.05, 0) is 36.3 Å². The van der Waals surface area contributed by atoms with Crippen LogP contribution in [0, 0.1) is 0 Å². The van der Waals surface area contributed by atoms with E-state index in [9.17, 15) is 0 Å². The maximum Gasteiger partial charge on any atom is 0.0362 e. The highest BCUT2D eigenvalue weighted by atomic mass is 15.1. The highest BCUT2D eigenvalue weighted by Crippen LogP contribution is 2.12. The van der Waals surface area contributed by atoms with Crippen LogP contribution in [0.15, 0.2) is 42.6 Å². The van der Waals surface area contributed by atoms with Gasteiger partial charge in [0.2, 0.25) is 0 Å². The number of rotatable bonds is 8. The molecule has 3 nitrogen and oxygen atoms in total. The van der Waals surface area contributed by atoms with Crippen molar-refractivity contribution in [1.29, 1.82) is 0 Å². The van der Waals surface area contributed by atoms with E-state index in [0.29, 0.717) is 0 Å². The van der Waals surface area contributed by atoms with E-state index in [1.807, 2.05) is 0 Å². The van der Waals surface area contributed by atoms with Crippen molar-refractivity contribution in [3.8, 4) is 0 Å². The lowest BCUT2D eigenvalue weighted by atomic mass is 10.1.